The van der Waals surface area contributed by atoms with Crippen molar-refractivity contribution in [2.45, 2.75) is 18.1 Å². The summed E-state index contributed by atoms with van der Waals surface area (Å²) in [4.78, 5) is 0. The smallest absolute Gasteiger partial charge is 0.235 e. The van der Waals surface area contributed by atoms with Crippen molar-refractivity contribution in [3.05, 3.63) is 28.2 Å². The predicted molar refractivity (Wildman–Crippen MR) is 64.4 cm³/mol. The van der Waals surface area contributed by atoms with Gasteiger partial charge in [-0.15, -0.1) is 0 Å². The molecule has 0 amide bonds. The lowest BCUT2D eigenvalue weighted by molar-refractivity contribution is 0.600. The molecule has 0 aromatic heterocycles. The van der Waals surface area contributed by atoms with E-state index in [0.29, 0.717) is 24.1 Å². The summed E-state index contributed by atoms with van der Waals surface area (Å²) in [6.07, 6.45) is 1.40. The third-order valence-corrected chi connectivity index (χ3v) is 4.66. The monoisotopic (exact) mass is 300 g/mol. The number of anilines is 1. The lowest BCUT2D eigenvalue weighted by Gasteiger charge is -2.08. The first-order valence-corrected chi connectivity index (χ1v) is 7.08. The van der Waals surface area contributed by atoms with Crippen LogP contribution in [0, 0.1) is 11.3 Å². The maximum Gasteiger partial charge on any atom is 0.235 e. The van der Waals surface area contributed by atoms with Crippen molar-refractivity contribution in [2.75, 3.05) is 4.72 Å². The molecule has 1 aliphatic rings. The van der Waals surface area contributed by atoms with E-state index in [1.54, 1.807) is 18.2 Å². The molecule has 84 valence electrons. The van der Waals surface area contributed by atoms with E-state index in [0.717, 1.165) is 4.47 Å². The summed E-state index contributed by atoms with van der Waals surface area (Å²) in [6, 6.07) is 6.83. The van der Waals surface area contributed by atoms with Gasteiger partial charge in [0.1, 0.15) is 6.07 Å². The molecule has 1 aromatic carbocycles. The summed E-state index contributed by atoms with van der Waals surface area (Å²) >= 11 is 3.24. The van der Waals surface area contributed by atoms with Crippen molar-refractivity contribution in [1.82, 2.24) is 0 Å². The highest BCUT2D eigenvalue weighted by molar-refractivity contribution is 9.10. The number of rotatable bonds is 3. The van der Waals surface area contributed by atoms with Crippen molar-refractivity contribution in [1.29, 1.82) is 5.26 Å². The van der Waals surface area contributed by atoms with Gasteiger partial charge < -0.3 is 0 Å². The number of halogens is 1. The van der Waals surface area contributed by atoms with Gasteiger partial charge in [0.2, 0.25) is 10.0 Å². The molecule has 1 aromatic rings. The lowest BCUT2D eigenvalue weighted by atomic mass is 10.2. The van der Waals surface area contributed by atoms with Gasteiger partial charge in [0.25, 0.3) is 0 Å². The number of nitriles is 1. The van der Waals surface area contributed by atoms with E-state index in [9.17, 15) is 8.42 Å². The number of sulfonamides is 1. The second-order valence-electron chi connectivity index (χ2n) is 3.65. The maximum atomic E-state index is 11.7. The predicted octanol–water partition coefficient (Wildman–Crippen LogP) is 2.22. The summed E-state index contributed by atoms with van der Waals surface area (Å²) in [5, 5.41) is 8.57. The molecule has 1 aliphatic carbocycles. The van der Waals surface area contributed by atoms with Gasteiger partial charge in [-0.3, -0.25) is 4.72 Å². The topological polar surface area (TPSA) is 70.0 Å². The number of nitrogens with one attached hydrogen (secondary N) is 1. The van der Waals surface area contributed by atoms with E-state index >= 15 is 0 Å². The quantitative estimate of drug-likeness (QED) is 0.930. The normalized spacial score (nSPS) is 15.5. The van der Waals surface area contributed by atoms with Crippen molar-refractivity contribution >= 4 is 31.6 Å². The fourth-order valence-electron chi connectivity index (χ4n) is 1.31. The van der Waals surface area contributed by atoms with E-state index in [2.05, 4.69) is 20.7 Å². The van der Waals surface area contributed by atoms with Crippen molar-refractivity contribution in [3.8, 4) is 6.07 Å². The number of nitrogens with zero attached hydrogens (tertiary/aromatic N) is 1. The van der Waals surface area contributed by atoms with Crippen LogP contribution in [0.2, 0.25) is 0 Å². The summed E-state index contributed by atoms with van der Waals surface area (Å²) < 4.78 is 26.6. The van der Waals surface area contributed by atoms with E-state index in [-0.39, 0.29) is 5.25 Å². The average molecular weight is 301 g/mol. The Hall–Kier alpha value is -1.06. The van der Waals surface area contributed by atoms with E-state index < -0.39 is 10.0 Å². The van der Waals surface area contributed by atoms with Gasteiger partial charge in [-0.25, -0.2) is 8.42 Å². The highest BCUT2D eigenvalue weighted by Gasteiger charge is 2.36. The van der Waals surface area contributed by atoms with Crippen LogP contribution >= 0.6 is 15.9 Å². The molecule has 4 nitrogen and oxygen atoms in total. The average Bonchev–Trinajstić information content (AvgIpc) is 3.00. The number of benzene rings is 1. The van der Waals surface area contributed by atoms with Crippen LogP contribution in [-0.4, -0.2) is 13.7 Å². The molecule has 0 saturated heterocycles. The Morgan fingerprint density at radius 1 is 1.44 bits per heavy atom. The molecule has 6 heteroatoms. The van der Waals surface area contributed by atoms with Crippen LogP contribution in [0.3, 0.4) is 0 Å². The first kappa shape index (κ1) is 11.4. The Bertz CT molecular complexity index is 559. The summed E-state index contributed by atoms with van der Waals surface area (Å²) in [6.45, 7) is 0. The van der Waals surface area contributed by atoms with Crippen LogP contribution in [0.5, 0.6) is 0 Å². The van der Waals surface area contributed by atoms with Gasteiger partial charge in [0.05, 0.1) is 16.5 Å². The van der Waals surface area contributed by atoms with Crippen molar-refractivity contribution in [2.24, 2.45) is 0 Å². The summed E-state index contributed by atoms with van der Waals surface area (Å²) in [5.41, 5.74) is 0.663. The second-order valence-corrected chi connectivity index (χ2v) is 6.52. The maximum absolute atomic E-state index is 11.7. The third kappa shape index (κ3) is 2.36. The fourth-order valence-corrected chi connectivity index (χ4v) is 3.07. The molecule has 0 atom stereocenters. The Labute approximate surface area is 102 Å². The largest absolute Gasteiger partial charge is 0.282 e. The highest BCUT2D eigenvalue weighted by atomic mass is 79.9. The van der Waals surface area contributed by atoms with Gasteiger partial charge >= 0.3 is 0 Å². The van der Waals surface area contributed by atoms with Gasteiger partial charge in [0, 0.05) is 4.47 Å². The Morgan fingerprint density at radius 3 is 2.69 bits per heavy atom. The Kier molecular flexibility index (Phi) is 2.91. The SMILES string of the molecule is N#Cc1ccc(Br)cc1NS(=O)(=O)C1CC1. The Balaban J connectivity index is 2.34. The highest BCUT2D eigenvalue weighted by Crippen LogP contribution is 2.31. The van der Waals surface area contributed by atoms with Crippen LogP contribution in [0.4, 0.5) is 5.69 Å². The number of hydrogen-bond donors (Lipinski definition) is 1. The van der Waals surface area contributed by atoms with Crippen molar-refractivity contribution in [3.63, 3.8) is 0 Å². The lowest BCUT2D eigenvalue weighted by Crippen LogP contribution is -2.18. The van der Waals surface area contributed by atoms with Crippen LogP contribution in [-0.2, 0) is 10.0 Å². The zero-order valence-corrected chi connectivity index (χ0v) is 10.7. The van der Waals surface area contributed by atoms with Gasteiger partial charge in [-0.05, 0) is 31.0 Å². The molecular formula is C10H9BrN2O2S. The minimum atomic E-state index is -3.31. The molecule has 1 saturated carbocycles. The number of hydrogen-bond acceptors (Lipinski definition) is 3. The molecule has 0 spiro atoms. The Morgan fingerprint density at radius 2 is 2.12 bits per heavy atom. The molecule has 0 unspecified atom stereocenters. The fraction of sp³-hybridized carbons (Fsp3) is 0.300. The molecule has 0 aliphatic heterocycles. The van der Waals surface area contributed by atoms with Gasteiger partial charge in [0.15, 0.2) is 0 Å². The molecule has 0 heterocycles. The van der Waals surface area contributed by atoms with Crippen LogP contribution < -0.4 is 4.72 Å². The van der Waals surface area contributed by atoms with Crippen LogP contribution in [0.15, 0.2) is 22.7 Å². The third-order valence-electron chi connectivity index (χ3n) is 2.32. The van der Waals surface area contributed by atoms with Gasteiger partial charge in [-0.2, -0.15) is 5.26 Å². The molecule has 1 fully saturated rings. The molecule has 0 bridgehead atoms. The molecule has 16 heavy (non-hydrogen) atoms. The molecule has 1 N–H and O–H groups in total. The standard InChI is InChI=1S/C10H9BrN2O2S/c11-8-2-1-7(6-12)10(5-8)13-16(14,15)9-3-4-9/h1-2,5,9,13H,3-4H2. The summed E-state index contributed by atoms with van der Waals surface area (Å²) in [5.74, 6) is 0. The van der Waals surface area contributed by atoms with Crippen LogP contribution in [0.25, 0.3) is 0 Å². The molecule has 2 rings (SSSR count). The zero-order chi connectivity index (χ0) is 11.8. The zero-order valence-electron chi connectivity index (χ0n) is 8.27. The van der Waals surface area contributed by atoms with Gasteiger partial charge in [-0.1, -0.05) is 15.9 Å². The summed E-state index contributed by atoms with van der Waals surface area (Å²) in [7, 11) is -3.31. The second kappa shape index (κ2) is 4.07. The van der Waals surface area contributed by atoms with E-state index in [4.69, 9.17) is 5.26 Å². The van der Waals surface area contributed by atoms with E-state index in [1.807, 2.05) is 6.07 Å². The first-order valence-electron chi connectivity index (χ1n) is 4.74. The van der Waals surface area contributed by atoms with E-state index in [1.165, 1.54) is 0 Å². The minimum Gasteiger partial charge on any atom is -0.282 e. The first-order chi connectivity index (χ1) is 7.53. The van der Waals surface area contributed by atoms with Crippen molar-refractivity contribution < 1.29 is 8.42 Å². The molecular weight excluding hydrogens is 292 g/mol. The molecule has 0 radical (unpaired) electrons. The van der Waals surface area contributed by atoms with Crippen LogP contribution in [0.1, 0.15) is 18.4 Å². The minimum absolute atomic E-state index is 0.293.